The van der Waals surface area contributed by atoms with Crippen LogP contribution in [0.15, 0.2) is 0 Å². The fourth-order valence-corrected chi connectivity index (χ4v) is 3.28. The monoisotopic (exact) mass is 258 g/mol. The van der Waals surface area contributed by atoms with Crippen molar-refractivity contribution in [3.8, 4) is 0 Å². The van der Waals surface area contributed by atoms with E-state index in [4.69, 9.17) is 18.9 Å². The number of hydrogen-bond donors (Lipinski definition) is 1. The molecule has 1 saturated carbocycles. The number of rotatable bonds is 1. The van der Waals surface area contributed by atoms with Gasteiger partial charge in [0.2, 0.25) is 0 Å². The first-order valence-corrected chi connectivity index (χ1v) is 6.63. The summed E-state index contributed by atoms with van der Waals surface area (Å²) in [7, 11) is 0. The van der Waals surface area contributed by atoms with Gasteiger partial charge in [-0.25, -0.2) is 0 Å². The van der Waals surface area contributed by atoms with Gasteiger partial charge >= 0.3 is 0 Å². The van der Waals surface area contributed by atoms with Gasteiger partial charge in [-0.1, -0.05) is 0 Å². The topological polar surface area (TPSA) is 57.2 Å². The summed E-state index contributed by atoms with van der Waals surface area (Å²) in [6.07, 6.45) is -0.126. The van der Waals surface area contributed by atoms with Gasteiger partial charge in [0, 0.05) is 5.92 Å². The molecule has 1 unspecified atom stereocenters. The fraction of sp³-hybridized carbons (Fsp3) is 1.00. The lowest BCUT2D eigenvalue weighted by Gasteiger charge is -2.27. The highest BCUT2D eigenvalue weighted by Gasteiger charge is 2.56. The minimum atomic E-state index is -0.590. The number of fused-ring (bicyclic) bond motifs is 1. The van der Waals surface area contributed by atoms with Crippen molar-refractivity contribution < 1.29 is 24.1 Å². The van der Waals surface area contributed by atoms with Crippen LogP contribution in [0.5, 0.6) is 0 Å². The van der Waals surface area contributed by atoms with Crippen LogP contribution in [0.25, 0.3) is 0 Å². The highest BCUT2D eigenvalue weighted by molar-refractivity contribution is 5.01. The third-order valence-corrected chi connectivity index (χ3v) is 4.01. The summed E-state index contributed by atoms with van der Waals surface area (Å²) in [5, 5.41) is 10.4. The third kappa shape index (κ3) is 2.08. The summed E-state index contributed by atoms with van der Waals surface area (Å²) in [6, 6.07) is 0. The Morgan fingerprint density at radius 1 is 0.944 bits per heavy atom. The first-order valence-electron chi connectivity index (χ1n) is 6.63. The summed E-state index contributed by atoms with van der Waals surface area (Å²) < 4.78 is 23.0. The Morgan fingerprint density at radius 3 is 2.17 bits per heavy atom. The number of ether oxygens (including phenoxy) is 4. The maximum Gasteiger partial charge on any atom is 0.163 e. The molecule has 2 heterocycles. The number of aliphatic hydroxyl groups excluding tert-OH is 1. The quantitative estimate of drug-likeness (QED) is 0.761. The molecule has 5 heteroatoms. The molecule has 0 aromatic rings. The van der Waals surface area contributed by atoms with Crippen molar-refractivity contribution in [1.29, 1.82) is 0 Å². The van der Waals surface area contributed by atoms with Crippen LogP contribution in [-0.2, 0) is 18.9 Å². The van der Waals surface area contributed by atoms with E-state index in [1.54, 1.807) is 0 Å². The molecular formula is C13H22O5. The van der Waals surface area contributed by atoms with Crippen molar-refractivity contribution in [3.63, 3.8) is 0 Å². The van der Waals surface area contributed by atoms with Crippen molar-refractivity contribution in [2.75, 3.05) is 6.61 Å². The minimum Gasteiger partial charge on any atom is -0.390 e. The summed E-state index contributed by atoms with van der Waals surface area (Å²) in [5.74, 6) is -1.12. The maximum absolute atomic E-state index is 10.4. The third-order valence-electron chi connectivity index (χ3n) is 4.01. The van der Waals surface area contributed by atoms with Crippen LogP contribution in [0.1, 0.15) is 34.1 Å². The van der Waals surface area contributed by atoms with Crippen LogP contribution < -0.4 is 0 Å². The van der Waals surface area contributed by atoms with Gasteiger partial charge in [-0.05, 0) is 34.1 Å². The second-order valence-corrected chi connectivity index (χ2v) is 6.40. The Morgan fingerprint density at radius 2 is 1.61 bits per heavy atom. The molecule has 3 fully saturated rings. The van der Waals surface area contributed by atoms with Crippen molar-refractivity contribution >= 4 is 0 Å². The van der Waals surface area contributed by atoms with E-state index in [1.165, 1.54) is 0 Å². The highest BCUT2D eigenvalue weighted by Crippen LogP contribution is 2.44. The van der Waals surface area contributed by atoms with Gasteiger partial charge in [0.05, 0.1) is 24.9 Å². The molecule has 5 nitrogen and oxygen atoms in total. The second kappa shape index (κ2) is 3.90. The Labute approximate surface area is 107 Å². The van der Waals surface area contributed by atoms with Gasteiger partial charge < -0.3 is 24.1 Å². The Hall–Kier alpha value is -0.200. The van der Waals surface area contributed by atoms with Gasteiger partial charge in [0.1, 0.15) is 6.10 Å². The van der Waals surface area contributed by atoms with Crippen molar-refractivity contribution in [3.05, 3.63) is 0 Å². The lowest BCUT2D eigenvalue weighted by atomic mass is 9.98. The Kier molecular flexibility index (Phi) is 2.78. The predicted molar refractivity (Wildman–Crippen MR) is 62.8 cm³/mol. The van der Waals surface area contributed by atoms with E-state index in [2.05, 4.69) is 0 Å². The van der Waals surface area contributed by atoms with Gasteiger partial charge in [-0.2, -0.15) is 0 Å². The molecule has 2 aliphatic heterocycles. The van der Waals surface area contributed by atoms with Crippen molar-refractivity contribution in [2.45, 2.75) is 70.1 Å². The molecule has 0 aromatic heterocycles. The van der Waals surface area contributed by atoms with Gasteiger partial charge in [0.25, 0.3) is 0 Å². The molecule has 5 atom stereocenters. The van der Waals surface area contributed by atoms with E-state index in [1.807, 2.05) is 27.7 Å². The van der Waals surface area contributed by atoms with Gasteiger partial charge in [-0.3, -0.25) is 0 Å². The van der Waals surface area contributed by atoms with E-state index in [9.17, 15) is 5.11 Å². The summed E-state index contributed by atoms with van der Waals surface area (Å²) in [5.41, 5.74) is 0. The molecule has 3 rings (SSSR count). The van der Waals surface area contributed by atoms with Gasteiger partial charge in [-0.15, -0.1) is 0 Å². The number of hydrogen-bond acceptors (Lipinski definition) is 5. The molecule has 2 saturated heterocycles. The minimum absolute atomic E-state index is 0.0258. The molecule has 1 N–H and O–H groups in total. The number of aliphatic hydroxyl groups is 1. The molecule has 0 bridgehead atoms. The molecule has 0 aromatic carbocycles. The van der Waals surface area contributed by atoms with Crippen LogP contribution in [-0.4, -0.2) is 47.7 Å². The maximum atomic E-state index is 10.4. The first kappa shape index (κ1) is 12.8. The highest BCUT2D eigenvalue weighted by atomic mass is 16.8. The van der Waals surface area contributed by atoms with Crippen LogP contribution in [0, 0.1) is 5.92 Å². The smallest absolute Gasteiger partial charge is 0.163 e. The van der Waals surface area contributed by atoms with E-state index in [0.29, 0.717) is 6.61 Å². The van der Waals surface area contributed by atoms with Crippen LogP contribution in [0.4, 0.5) is 0 Å². The second-order valence-electron chi connectivity index (χ2n) is 6.40. The van der Waals surface area contributed by atoms with E-state index in [-0.39, 0.29) is 24.2 Å². The van der Waals surface area contributed by atoms with E-state index >= 15 is 0 Å². The zero-order valence-electron chi connectivity index (χ0n) is 11.4. The molecule has 1 aliphatic carbocycles. The van der Waals surface area contributed by atoms with Gasteiger partial charge in [0.15, 0.2) is 11.6 Å². The molecule has 0 spiro atoms. The molecule has 104 valence electrons. The van der Waals surface area contributed by atoms with E-state index < -0.39 is 17.7 Å². The average Bonchev–Trinajstić information content (AvgIpc) is 2.81. The van der Waals surface area contributed by atoms with Crippen molar-refractivity contribution in [1.82, 2.24) is 0 Å². The fourth-order valence-electron chi connectivity index (χ4n) is 3.28. The summed E-state index contributed by atoms with van der Waals surface area (Å²) in [6.45, 7) is 8.07. The lowest BCUT2D eigenvalue weighted by Crippen LogP contribution is -2.38. The summed E-state index contributed by atoms with van der Waals surface area (Å²) >= 11 is 0. The predicted octanol–water partition coefficient (Wildman–Crippen LogP) is 1.04. The largest absolute Gasteiger partial charge is 0.390 e. The van der Waals surface area contributed by atoms with Crippen LogP contribution in [0.3, 0.4) is 0 Å². The van der Waals surface area contributed by atoms with Crippen LogP contribution >= 0.6 is 0 Å². The zero-order valence-corrected chi connectivity index (χ0v) is 11.4. The SMILES string of the molecule is CC1(C)OCC([C@H]2C[C@@H]3OC(C)(C)O[C@@H]3[C@H]2O)O1. The molecule has 18 heavy (non-hydrogen) atoms. The zero-order chi connectivity index (χ0) is 13.1. The first-order chi connectivity index (χ1) is 8.27. The molecule has 3 aliphatic rings. The normalized spacial score (nSPS) is 49.5. The molecule has 0 radical (unpaired) electrons. The molecular weight excluding hydrogens is 236 g/mol. The van der Waals surface area contributed by atoms with Crippen molar-refractivity contribution in [2.24, 2.45) is 5.92 Å². The molecule has 0 amide bonds. The lowest BCUT2D eigenvalue weighted by molar-refractivity contribution is -0.180. The summed E-state index contributed by atoms with van der Waals surface area (Å²) in [4.78, 5) is 0. The Bertz CT molecular complexity index is 340. The van der Waals surface area contributed by atoms with Crippen LogP contribution in [0.2, 0.25) is 0 Å². The standard InChI is InChI=1S/C13H22O5/c1-12(2)15-6-9(17-12)7-5-8-11(10(7)14)18-13(3,4)16-8/h7-11,14H,5-6H2,1-4H3/t7-,8+,9?,10+,11+/m1/s1. The Balaban J connectivity index is 1.68. The van der Waals surface area contributed by atoms with E-state index in [0.717, 1.165) is 6.42 Å². The average molecular weight is 258 g/mol.